The minimum absolute atomic E-state index is 0.227. The molecule has 0 aliphatic heterocycles. The molecule has 0 bridgehead atoms. The maximum atomic E-state index is 8.26. The zero-order chi connectivity index (χ0) is 25.1. The van der Waals surface area contributed by atoms with Gasteiger partial charge in [-0.05, 0) is 54.9 Å². The van der Waals surface area contributed by atoms with Gasteiger partial charge in [-0.3, -0.25) is 10.1 Å². The highest BCUT2D eigenvalue weighted by Gasteiger charge is 2.26. The fraction of sp³-hybridized carbons (Fsp3) is 0.286. The molecular formula is C28H32N8. The third-order valence-electron chi connectivity index (χ3n) is 6.53. The monoisotopic (exact) mass is 480 g/mol. The molecule has 5 rings (SSSR count). The smallest absolute Gasteiger partial charge is 0.228 e. The number of benzene rings is 2. The van der Waals surface area contributed by atoms with Gasteiger partial charge in [0, 0.05) is 44.5 Å². The molecule has 0 fully saturated rings. The highest BCUT2D eigenvalue weighted by Crippen LogP contribution is 2.36. The first-order valence-electron chi connectivity index (χ1n) is 12.3. The zero-order valence-corrected chi connectivity index (χ0v) is 21.0. The molecule has 8 nitrogen and oxygen atoms in total. The number of fused-ring (bicyclic) bond motifs is 4. The summed E-state index contributed by atoms with van der Waals surface area (Å²) in [5, 5.41) is 21.8. The van der Waals surface area contributed by atoms with E-state index in [9.17, 15) is 0 Å². The standard InChI is InChI=1S/C28H32N8/c1-35(2)16-15-30-14-13-25(29)32-28-31-18-21-11-12-23-26(27(21)33-28)24(36(3)34-23)17-20-9-6-8-19-7-4-5-10-22(19)20/h4-10,13-14,18,30H,11-12,15-17H2,1-3H3,(H2,29,31,32,33)/b14-13-. The second-order valence-corrected chi connectivity index (χ2v) is 9.40. The molecule has 184 valence electrons. The van der Waals surface area contributed by atoms with Crippen LogP contribution in [0.3, 0.4) is 0 Å². The van der Waals surface area contributed by atoms with Crippen molar-refractivity contribution in [1.82, 2.24) is 30.0 Å². The average Bonchev–Trinajstić information content (AvgIpc) is 3.19. The summed E-state index contributed by atoms with van der Waals surface area (Å²) in [6.07, 6.45) is 7.84. The van der Waals surface area contributed by atoms with Gasteiger partial charge in [0.25, 0.3) is 0 Å². The van der Waals surface area contributed by atoms with Crippen molar-refractivity contribution in [2.75, 3.05) is 32.5 Å². The SMILES string of the molecule is CN(C)CCN/C=C\C(=N)Nc1ncc2c(n1)-c1c(nn(C)c1Cc1cccc3ccccc13)CC2. The molecule has 4 aromatic rings. The van der Waals surface area contributed by atoms with Crippen LogP contribution in [-0.2, 0) is 26.3 Å². The predicted molar refractivity (Wildman–Crippen MR) is 145 cm³/mol. The summed E-state index contributed by atoms with van der Waals surface area (Å²) in [4.78, 5) is 11.4. The number of aryl methyl sites for hydroxylation is 3. The number of hydrogen-bond donors (Lipinski definition) is 3. The fourth-order valence-electron chi connectivity index (χ4n) is 4.69. The molecule has 0 saturated heterocycles. The van der Waals surface area contributed by atoms with Gasteiger partial charge in [0.05, 0.1) is 17.1 Å². The van der Waals surface area contributed by atoms with Crippen LogP contribution in [0.1, 0.15) is 22.5 Å². The van der Waals surface area contributed by atoms with E-state index in [1.807, 2.05) is 32.0 Å². The van der Waals surface area contributed by atoms with Crippen molar-refractivity contribution in [2.45, 2.75) is 19.3 Å². The molecule has 0 amide bonds. The highest BCUT2D eigenvalue weighted by atomic mass is 15.3. The van der Waals surface area contributed by atoms with Gasteiger partial charge in [-0.1, -0.05) is 42.5 Å². The van der Waals surface area contributed by atoms with Crippen molar-refractivity contribution in [1.29, 1.82) is 5.41 Å². The number of rotatable bonds is 8. The van der Waals surface area contributed by atoms with Crippen LogP contribution < -0.4 is 10.6 Å². The van der Waals surface area contributed by atoms with Crippen LogP contribution in [0.15, 0.2) is 60.9 Å². The Kier molecular flexibility index (Phi) is 6.77. The molecule has 0 spiro atoms. The number of hydrogen-bond acceptors (Lipinski definition) is 6. The van der Waals surface area contributed by atoms with Gasteiger partial charge in [-0.2, -0.15) is 5.10 Å². The van der Waals surface area contributed by atoms with Crippen LogP contribution >= 0.6 is 0 Å². The summed E-state index contributed by atoms with van der Waals surface area (Å²) in [5.74, 6) is 0.648. The van der Waals surface area contributed by atoms with Crippen molar-refractivity contribution < 1.29 is 0 Å². The van der Waals surface area contributed by atoms with Gasteiger partial charge in [-0.25, -0.2) is 9.97 Å². The lowest BCUT2D eigenvalue weighted by Gasteiger charge is -2.17. The number of nitrogens with one attached hydrogen (secondary N) is 3. The van der Waals surface area contributed by atoms with E-state index in [4.69, 9.17) is 15.5 Å². The van der Waals surface area contributed by atoms with Gasteiger partial charge < -0.3 is 15.5 Å². The lowest BCUT2D eigenvalue weighted by atomic mass is 9.91. The van der Waals surface area contributed by atoms with Crippen LogP contribution in [0.2, 0.25) is 0 Å². The molecule has 8 heteroatoms. The fourth-order valence-corrected chi connectivity index (χ4v) is 4.69. The molecule has 36 heavy (non-hydrogen) atoms. The van der Waals surface area contributed by atoms with Gasteiger partial charge in [0.15, 0.2) is 0 Å². The Balaban J connectivity index is 1.41. The average molecular weight is 481 g/mol. The maximum Gasteiger partial charge on any atom is 0.228 e. The summed E-state index contributed by atoms with van der Waals surface area (Å²) in [6.45, 7) is 1.74. The van der Waals surface area contributed by atoms with E-state index >= 15 is 0 Å². The first-order chi connectivity index (χ1) is 17.5. The molecular weight excluding hydrogens is 448 g/mol. The van der Waals surface area contributed by atoms with Crippen LogP contribution in [-0.4, -0.2) is 57.7 Å². The summed E-state index contributed by atoms with van der Waals surface area (Å²) in [6, 6.07) is 15.0. The van der Waals surface area contributed by atoms with Crippen molar-refractivity contribution in [3.63, 3.8) is 0 Å². The Morgan fingerprint density at radius 2 is 1.97 bits per heavy atom. The Morgan fingerprint density at radius 3 is 2.83 bits per heavy atom. The number of nitrogens with zero attached hydrogens (tertiary/aromatic N) is 5. The second-order valence-electron chi connectivity index (χ2n) is 9.40. The van der Waals surface area contributed by atoms with Gasteiger partial charge in [0.1, 0.15) is 5.84 Å². The van der Waals surface area contributed by atoms with Crippen LogP contribution in [0.25, 0.3) is 22.0 Å². The number of anilines is 1. The minimum atomic E-state index is 0.227. The maximum absolute atomic E-state index is 8.26. The van der Waals surface area contributed by atoms with Crippen molar-refractivity contribution in [3.05, 3.63) is 83.5 Å². The lowest BCUT2D eigenvalue weighted by molar-refractivity contribution is 0.410. The zero-order valence-electron chi connectivity index (χ0n) is 21.0. The third-order valence-corrected chi connectivity index (χ3v) is 6.53. The van der Waals surface area contributed by atoms with Gasteiger partial charge in [-0.15, -0.1) is 0 Å². The molecule has 0 saturated carbocycles. The highest BCUT2D eigenvalue weighted by molar-refractivity contribution is 6.00. The van der Waals surface area contributed by atoms with Crippen LogP contribution in [0.5, 0.6) is 0 Å². The summed E-state index contributed by atoms with van der Waals surface area (Å²) >= 11 is 0. The van der Waals surface area contributed by atoms with E-state index in [0.717, 1.165) is 60.6 Å². The molecule has 1 aliphatic rings. The van der Waals surface area contributed by atoms with Gasteiger partial charge in [0.2, 0.25) is 5.95 Å². The molecule has 2 heterocycles. The molecule has 0 radical (unpaired) electrons. The van der Waals surface area contributed by atoms with E-state index in [1.54, 1.807) is 12.3 Å². The lowest BCUT2D eigenvalue weighted by Crippen LogP contribution is -2.23. The Labute approximate surface area is 211 Å². The summed E-state index contributed by atoms with van der Waals surface area (Å²) < 4.78 is 2.00. The van der Waals surface area contributed by atoms with Gasteiger partial charge >= 0.3 is 0 Å². The first-order valence-corrected chi connectivity index (χ1v) is 12.3. The number of amidine groups is 1. The number of likely N-dealkylation sites (N-methyl/N-ethyl adjacent to an activating group) is 1. The third kappa shape index (κ3) is 4.99. The summed E-state index contributed by atoms with van der Waals surface area (Å²) in [7, 11) is 6.08. The van der Waals surface area contributed by atoms with Crippen molar-refractivity contribution in [2.24, 2.45) is 7.05 Å². The van der Waals surface area contributed by atoms with E-state index in [0.29, 0.717) is 5.95 Å². The molecule has 2 aromatic carbocycles. The largest absolute Gasteiger partial charge is 0.389 e. The van der Waals surface area contributed by atoms with E-state index < -0.39 is 0 Å². The van der Waals surface area contributed by atoms with Crippen LogP contribution in [0.4, 0.5) is 5.95 Å². The molecule has 2 aromatic heterocycles. The number of aromatic nitrogens is 4. The Morgan fingerprint density at radius 1 is 1.14 bits per heavy atom. The topological polar surface area (TPSA) is 94.8 Å². The van der Waals surface area contributed by atoms with Crippen molar-refractivity contribution >= 4 is 22.6 Å². The molecule has 1 aliphatic carbocycles. The van der Waals surface area contributed by atoms with E-state index in [2.05, 4.69) is 63.0 Å². The minimum Gasteiger partial charge on any atom is -0.389 e. The Bertz CT molecular complexity index is 1430. The molecule has 3 N–H and O–H groups in total. The predicted octanol–water partition coefficient (Wildman–Crippen LogP) is 3.77. The van der Waals surface area contributed by atoms with E-state index in [1.165, 1.54) is 16.3 Å². The second kappa shape index (κ2) is 10.3. The van der Waals surface area contributed by atoms with E-state index in [-0.39, 0.29) is 5.84 Å². The Hall–Kier alpha value is -4.04. The summed E-state index contributed by atoms with van der Waals surface area (Å²) in [5.41, 5.74) is 6.62. The molecule has 0 atom stereocenters. The van der Waals surface area contributed by atoms with Crippen LogP contribution in [0, 0.1) is 5.41 Å². The van der Waals surface area contributed by atoms with Crippen molar-refractivity contribution in [3.8, 4) is 11.3 Å². The normalized spacial score (nSPS) is 12.7. The quantitative estimate of drug-likeness (QED) is 0.202. The molecule has 0 unspecified atom stereocenters. The first kappa shape index (κ1) is 23.7.